The summed E-state index contributed by atoms with van der Waals surface area (Å²) in [6.45, 7) is 5.27. The van der Waals surface area contributed by atoms with E-state index >= 15 is 0 Å². The van der Waals surface area contributed by atoms with E-state index in [9.17, 15) is 4.79 Å². The maximum absolute atomic E-state index is 12.4. The van der Waals surface area contributed by atoms with Crippen molar-refractivity contribution in [3.05, 3.63) is 54.1 Å². The van der Waals surface area contributed by atoms with E-state index in [-0.39, 0.29) is 12.5 Å². The topological polar surface area (TPSA) is 36.0 Å². The van der Waals surface area contributed by atoms with Crippen LogP contribution in [-0.2, 0) is 4.79 Å². The number of hydrogen-bond donors (Lipinski definition) is 0. The molecular formula is C21H27N3O2. The number of amides is 1. The maximum atomic E-state index is 12.4. The summed E-state index contributed by atoms with van der Waals surface area (Å²) in [5.74, 6) is 0.789. The van der Waals surface area contributed by atoms with E-state index in [2.05, 4.69) is 34.1 Å². The molecule has 0 unspecified atom stereocenters. The lowest BCUT2D eigenvalue weighted by Crippen LogP contribution is -2.50. The summed E-state index contributed by atoms with van der Waals surface area (Å²) in [6.07, 6.45) is 0. The molecule has 0 saturated carbocycles. The fourth-order valence-electron chi connectivity index (χ4n) is 3.05. The van der Waals surface area contributed by atoms with Gasteiger partial charge in [0.25, 0.3) is 5.91 Å². The molecule has 1 saturated heterocycles. The van der Waals surface area contributed by atoms with Crippen molar-refractivity contribution in [3.8, 4) is 5.75 Å². The van der Waals surface area contributed by atoms with Gasteiger partial charge in [-0.3, -0.25) is 4.79 Å². The second-order valence-electron chi connectivity index (χ2n) is 6.88. The summed E-state index contributed by atoms with van der Waals surface area (Å²) in [6, 6.07) is 16.3. The van der Waals surface area contributed by atoms with Crippen LogP contribution in [0, 0.1) is 6.92 Å². The molecule has 26 heavy (non-hydrogen) atoms. The molecule has 0 radical (unpaired) electrons. The lowest BCUT2D eigenvalue weighted by Gasteiger charge is -2.36. The minimum Gasteiger partial charge on any atom is -0.484 e. The first kappa shape index (κ1) is 18.1. The van der Waals surface area contributed by atoms with Crippen LogP contribution in [0.15, 0.2) is 48.5 Å². The Morgan fingerprint density at radius 1 is 0.962 bits per heavy atom. The smallest absolute Gasteiger partial charge is 0.260 e. The first-order valence-corrected chi connectivity index (χ1v) is 9.02. The molecule has 5 nitrogen and oxygen atoms in total. The summed E-state index contributed by atoms with van der Waals surface area (Å²) in [5, 5.41) is 0. The van der Waals surface area contributed by atoms with Gasteiger partial charge >= 0.3 is 0 Å². The standard InChI is InChI=1S/C21H27N3O2/c1-17-4-10-20(11-5-17)26-16-21(25)24-14-12-23(13-15-24)19-8-6-18(7-9-19)22(2)3/h4-11H,12-16H2,1-3H3. The van der Waals surface area contributed by atoms with Gasteiger partial charge in [0.2, 0.25) is 0 Å². The van der Waals surface area contributed by atoms with Crippen LogP contribution in [0.2, 0.25) is 0 Å². The molecule has 0 aliphatic carbocycles. The lowest BCUT2D eigenvalue weighted by molar-refractivity contribution is -0.133. The zero-order valence-electron chi connectivity index (χ0n) is 15.8. The second kappa shape index (κ2) is 8.13. The molecule has 2 aromatic carbocycles. The molecule has 1 aliphatic rings. The number of piperazine rings is 1. The number of carbonyl (C=O) groups is 1. The highest BCUT2D eigenvalue weighted by Crippen LogP contribution is 2.21. The van der Waals surface area contributed by atoms with Crippen LogP contribution in [0.25, 0.3) is 0 Å². The van der Waals surface area contributed by atoms with Crippen molar-refractivity contribution >= 4 is 17.3 Å². The third-order valence-corrected chi connectivity index (χ3v) is 4.75. The largest absolute Gasteiger partial charge is 0.484 e. The Labute approximate surface area is 155 Å². The van der Waals surface area contributed by atoms with Gasteiger partial charge in [-0.25, -0.2) is 0 Å². The molecule has 1 amide bonds. The van der Waals surface area contributed by atoms with Crippen LogP contribution in [-0.4, -0.2) is 57.7 Å². The van der Waals surface area contributed by atoms with Crippen LogP contribution >= 0.6 is 0 Å². The summed E-state index contributed by atoms with van der Waals surface area (Å²) >= 11 is 0. The molecular weight excluding hydrogens is 326 g/mol. The van der Waals surface area contributed by atoms with E-state index in [1.807, 2.05) is 50.2 Å². The third-order valence-electron chi connectivity index (χ3n) is 4.75. The quantitative estimate of drug-likeness (QED) is 0.828. The minimum atomic E-state index is 0.0492. The molecule has 0 aromatic heterocycles. The zero-order valence-corrected chi connectivity index (χ0v) is 15.8. The Morgan fingerprint density at radius 2 is 1.58 bits per heavy atom. The highest BCUT2D eigenvalue weighted by molar-refractivity contribution is 5.78. The van der Waals surface area contributed by atoms with Crippen LogP contribution in [0.1, 0.15) is 5.56 Å². The highest BCUT2D eigenvalue weighted by Gasteiger charge is 2.21. The van der Waals surface area contributed by atoms with E-state index < -0.39 is 0 Å². The normalized spacial score (nSPS) is 14.3. The summed E-state index contributed by atoms with van der Waals surface area (Å²) in [4.78, 5) is 18.7. The van der Waals surface area contributed by atoms with Crippen LogP contribution in [0.4, 0.5) is 11.4 Å². The average Bonchev–Trinajstić information content (AvgIpc) is 2.67. The van der Waals surface area contributed by atoms with Crippen molar-refractivity contribution in [1.82, 2.24) is 4.90 Å². The van der Waals surface area contributed by atoms with E-state index in [1.54, 1.807) is 0 Å². The van der Waals surface area contributed by atoms with Crippen LogP contribution < -0.4 is 14.5 Å². The fraction of sp³-hybridized carbons (Fsp3) is 0.381. The van der Waals surface area contributed by atoms with Gasteiger partial charge in [-0.05, 0) is 43.3 Å². The van der Waals surface area contributed by atoms with Crippen LogP contribution in [0.5, 0.6) is 5.75 Å². The van der Waals surface area contributed by atoms with Gasteiger partial charge < -0.3 is 19.4 Å². The summed E-state index contributed by atoms with van der Waals surface area (Å²) < 4.78 is 5.61. The number of rotatable bonds is 5. The summed E-state index contributed by atoms with van der Waals surface area (Å²) in [7, 11) is 4.08. The Balaban J connectivity index is 1.48. The molecule has 1 aliphatic heterocycles. The number of aryl methyl sites for hydroxylation is 1. The van der Waals surface area contributed by atoms with Crippen molar-refractivity contribution in [2.75, 3.05) is 56.7 Å². The van der Waals surface area contributed by atoms with Crippen molar-refractivity contribution in [2.24, 2.45) is 0 Å². The number of carbonyl (C=O) groups excluding carboxylic acids is 1. The number of anilines is 2. The van der Waals surface area contributed by atoms with Gasteiger partial charge in [0, 0.05) is 51.6 Å². The Bertz CT molecular complexity index is 718. The van der Waals surface area contributed by atoms with Crippen molar-refractivity contribution in [2.45, 2.75) is 6.92 Å². The second-order valence-corrected chi connectivity index (χ2v) is 6.88. The minimum absolute atomic E-state index is 0.0492. The van der Waals surface area contributed by atoms with Crippen LogP contribution in [0.3, 0.4) is 0 Å². The summed E-state index contributed by atoms with van der Waals surface area (Å²) in [5.41, 5.74) is 3.58. The van der Waals surface area contributed by atoms with Gasteiger partial charge in [0.1, 0.15) is 5.75 Å². The fourth-order valence-corrected chi connectivity index (χ4v) is 3.05. The molecule has 138 valence electrons. The van der Waals surface area contributed by atoms with Crippen molar-refractivity contribution < 1.29 is 9.53 Å². The Kier molecular flexibility index (Phi) is 5.66. The molecule has 0 atom stereocenters. The van der Waals surface area contributed by atoms with E-state index in [1.165, 1.54) is 16.9 Å². The molecule has 0 bridgehead atoms. The van der Waals surface area contributed by atoms with E-state index in [4.69, 9.17) is 4.74 Å². The monoisotopic (exact) mass is 353 g/mol. The third kappa shape index (κ3) is 4.48. The maximum Gasteiger partial charge on any atom is 0.260 e. The molecule has 5 heteroatoms. The van der Waals surface area contributed by atoms with Gasteiger partial charge in [0.15, 0.2) is 6.61 Å². The molecule has 0 spiro atoms. The Hall–Kier alpha value is -2.69. The first-order chi connectivity index (χ1) is 12.5. The number of nitrogens with zero attached hydrogens (tertiary/aromatic N) is 3. The molecule has 3 rings (SSSR count). The molecule has 0 N–H and O–H groups in total. The van der Waals surface area contributed by atoms with E-state index in [0.717, 1.165) is 31.9 Å². The Morgan fingerprint density at radius 3 is 2.15 bits per heavy atom. The lowest BCUT2D eigenvalue weighted by atomic mass is 10.2. The van der Waals surface area contributed by atoms with Gasteiger partial charge in [-0.2, -0.15) is 0 Å². The van der Waals surface area contributed by atoms with Crippen molar-refractivity contribution in [1.29, 1.82) is 0 Å². The number of hydrogen-bond acceptors (Lipinski definition) is 4. The average molecular weight is 353 g/mol. The predicted molar refractivity (Wildman–Crippen MR) is 106 cm³/mol. The number of benzene rings is 2. The van der Waals surface area contributed by atoms with Gasteiger partial charge in [-0.1, -0.05) is 17.7 Å². The molecule has 2 aromatic rings. The number of ether oxygens (including phenoxy) is 1. The SMILES string of the molecule is Cc1ccc(OCC(=O)N2CCN(c3ccc(N(C)C)cc3)CC2)cc1. The first-order valence-electron chi connectivity index (χ1n) is 9.02. The zero-order chi connectivity index (χ0) is 18.5. The van der Waals surface area contributed by atoms with Gasteiger partial charge in [0.05, 0.1) is 0 Å². The van der Waals surface area contributed by atoms with Gasteiger partial charge in [-0.15, -0.1) is 0 Å². The van der Waals surface area contributed by atoms with E-state index in [0.29, 0.717) is 0 Å². The molecule has 1 heterocycles. The predicted octanol–water partition coefficient (Wildman–Crippen LogP) is 2.79. The molecule has 1 fully saturated rings. The van der Waals surface area contributed by atoms with Crippen molar-refractivity contribution in [3.63, 3.8) is 0 Å². The highest BCUT2D eigenvalue weighted by atomic mass is 16.5.